The topological polar surface area (TPSA) is 47.6 Å². The van der Waals surface area contributed by atoms with Crippen LogP contribution in [0.5, 0.6) is 11.5 Å². The Morgan fingerprint density at radius 1 is 1.17 bits per heavy atom. The van der Waals surface area contributed by atoms with Crippen molar-refractivity contribution in [3.8, 4) is 11.5 Å². The largest absolute Gasteiger partial charge is 0.497 e. The molecule has 1 unspecified atom stereocenters. The highest BCUT2D eigenvalue weighted by molar-refractivity contribution is 5.80. The van der Waals surface area contributed by atoms with Crippen LogP contribution in [0.4, 0.5) is 4.39 Å². The van der Waals surface area contributed by atoms with Crippen LogP contribution in [-0.2, 0) is 11.2 Å². The number of hydrogen-bond acceptors (Lipinski definition) is 3. The first-order valence-corrected chi connectivity index (χ1v) is 7.41. The Labute approximate surface area is 135 Å². The number of hydrogen-bond donors (Lipinski definition) is 1. The minimum atomic E-state index is -0.615. The molecule has 0 spiro atoms. The summed E-state index contributed by atoms with van der Waals surface area (Å²) in [6.07, 6.45) is -0.0467. The molecule has 122 valence electrons. The first kappa shape index (κ1) is 16.8. The third-order valence-corrected chi connectivity index (χ3v) is 3.34. The summed E-state index contributed by atoms with van der Waals surface area (Å²) in [4.78, 5) is 12.0. The standard InChI is InChI=1S/C18H20FNO3/c1-13(23-17-8-6-16(22-2)7-9-17)18(21)20-11-10-14-4-3-5-15(19)12-14/h3-9,12-13H,10-11H2,1-2H3,(H,20,21). The fourth-order valence-corrected chi connectivity index (χ4v) is 2.08. The highest BCUT2D eigenvalue weighted by Gasteiger charge is 2.14. The highest BCUT2D eigenvalue weighted by atomic mass is 19.1. The predicted octanol–water partition coefficient (Wildman–Crippen LogP) is 2.96. The van der Waals surface area contributed by atoms with E-state index in [9.17, 15) is 9.18 Å². The van der Waals surface area contributed by atoms with Crippen LogP contribution in [0.15, 0.2) is 48.5 Å². The fraction of sp³-hybridized carbons (Fsp3) is 0.278. The van der Waals surface area contributed by atoms with Gasteiger partial charge in [0, 0.05) is 6.54 Å². The average Bonchev–Trinajstić information content (AvgIpc) is 2.55. The van der Waals surface area contributed by atoms with Gasteiger partial charge >= 0.3 is 0 Å². The van der Waals surface area contributed by atoms with Gasteiger partial charge in [-0.1, -0.05) is 12.1 Å². The normalized spacial score (nSPS) is 11.6. The summed E-state index contributed by atoms with van der Waals surface area (Å²) >= 11 is 0. The molecule has 1 atom stereocenters. The van der Waals surface area contributed by atoms with Crippen molar-refractivity contribution < 1.29 is 18.7 Å². The smallest absolute Gasteiger partial charge is 0.260 e. The van der Waals surface area contributed by atoms with Crippen LogP contribution in [0.1, 0.15) is 12.5 Å². The molecule has 0 fully saturated rings. The van der Waals surface area contributed by atoms with E-state index >= 15 is 0 Å². The van der Waals surface area contributed by atoms with Crippen LogP contribution in [0.2, 0.25) is 0 Å². The number of methoxy groups -OCH3 is 1. The highest BCUT2D eigenvalue weighted by Crippen LogP contribution is 2.18. The average molecular weight is 317 g/mol. The molecular formula is C18H20FNO3. The summed E-state index contributed by atoms with van der Waals surface area (Å²) in [5, 5.41) is 2.78. The molecule has 0 bridgehead atoms. The second-order valence-corrected chi connectivity index (χ2v) is 5.11. The molecule has 0 radical (unpaired) electrons. The molecule has 23 heavy (non-hydrogen) atoms. The third-order valence-electron chi connectivity index (χ3n) is 3.34. The molecule has 0 saturated carbocycles. The zero-order valence-electron chi connectivity index (χ0n) is 13.2. The number of benzene rings is 2. The van der Waals surface area contributed by atoms with Gasteiger partial charge in [0.25, 0.3) is 5.91 Å². The van der Waals surface area contributed by atoms with Crippen molar-refractivity contribution in [2.45, 2.75) is 19.4 Å². The second kappa shape index (κ2) is 8.17. The molecule has 0 aliphatic rings. The summed E-state index contributed by atoms with van der Waals surface area (Å²) in [6.45, 7) is 2.11. The van der Waals surface area contributed by atoms with E-state index in [1.807, 2.05) is 6.07 Å². The number of rotatable bonds is 7. The maximum absolute atomic E-state index is 13.1. The fourth-order valence-electron chi connectivity index (χ4n) is 2.08. The van der Waals surface area contributed by atoms with Crippen molar-refractivity contribution in [2.24, 2.45) is 0 Å². The van der Waals surface area contributed by atoms with Crippen molar-refractivity contribution in [3.63, 3.8) is 0 Å². The van der Waals surface area contributed by atoms with Crippen LogP contribution >= 0.6 is 0 Å². The number of carbonyl (C=O) groups excluding carboxylic acids is 1. The zero-order chi connectivity index (χ0) is 16.7. The molecule has 1 amide bonds. The van der Waals surface area contributed by atoms with Gasteiger partial charge in [-0.3, -0.25) is 4.79 Å². The van der Waals surface area contributed by atoms with Crippen LogP contribution in [0, 0.1) is 5.82 Å². The van der Waals surface area contributed by atoms with Gasteiger partial charge in [0.15, 0.2) is 6.10 Å². The van der Waals surface area contributed by atoms with Gasteiger partial charge in [0.1, 0.15) is 17.3 Å². The summed E-state index contributed by atoms with van der Waals surface area (Å²) in [5.74, 6) is 0.838. The van der Waals surface area contributed by atoms with Crippen molar-refractivity contribution in [3.05, 3.63) is 59.9 Å². The SMILES string of the molecule is COc1ccc(OC(C)C(=O)NCCc2cccc(F)c2)cc1. The molecule has 4 nitrogen and oxygen atoms in total. The monoisotopic (exact) mass is 317 g/mol. The molecule has 0 aromatic heterocycles. The molecule has 5 heteroatoms. The molecular weight excluding hydrogens is 297 g/mol. The minimum absolute atomic E-state index is 0.211. The van der Waals surface area contributed by atoms with Crippen molar-refractivity contribution in [1.82, 2.24) is 5.32 Å². The molecule has 0 aliphatic heterocycles. The van der Waals surface area contributed by atoms with Gasteiger partial charge in [-0.05, 0) is 55.3 Å². The summed E-state index contributed by atoms with van der Waals surface area (Å²) in [5.41, 5.74) is 0.842. The van der Waals surface area contributed by atoms with Crippen molar-refractivity contribution >= 4 is 5.91 Å². The lowest BCUT2D eigenvalue weighted by molar-refractivity contribution is -0.127. The number of halogens is 1. The number of carbonyl (C=O) groups is 1. The van der Waals surface area contributed by atoms with Gasteiger partial charge in [-0.15, -0.1) is 0 Å². The Bertz CT molecular complexity index is 643. The van der Waals surface area contributed by atoms with E-state index in [4.69, 9.17) is 9.47 Å². The van der Waals surface area contributed by atoms with E-state index in [-0.39, 0.29) is 11.7 Å². The Hall–Kier alpha value is -2.56. The van der Waals surface area contributed by atoms with Crippen LogP contribution in [0.25, 0.3) is 0 Å². The molecule has 0 heterocycles. The van der Waals surface area contributed by atoms with Crippen LogP contribution in [0.3, 0.4) is 0 Å². The van der Waals surface area contributed by atoms with E-state index < -0.39 is 6.10 Å². The van der Waals surface area contributed by atoms with E-state index in [0.717, 1.165) is 11.3 Å². The molecule has 2 aromatic carbocycles. The zero-order valence-corrected chi connectivity index (χ0v) is 13.2. The lowest BCUT2D eigenvalue weighted by atomic mass is 10.1. The van der Waals surface area contributed by atoms with Crippen LogP contribution < -0.4 is 14.8 Å². The molecule has 0 aliphatic carbocycles. The number of amides is 1. The lowest BCUT2D eigenvalue weighted by Crippen LogP contribution is -2.37. The molecule has 0 saturated heterocycles. The Kier molecular flexibility index (Phi) is 5.97. The van der Waals surface area contributed by atoms with E-state index in [2.05, 4.69) is 5.32 Å². The van der Waals surface area contributed by atoms with Gasteiger partial charge in [-0.2, -0.15) is 0 Å². The predicted molar refractivity (Wildman–Crippen MR) is 86.2 cm³/mol. The summed E-state index contributed by atoms with van der Waals surface area (Å²) in [6, 6.07) is 13.4. The van der Waals surface area contributed by atoms with E-state index in [1.165, 1.54) is 12.1 Å². The quantitative estimate of drug-likeness (QED) is 0.854. The first-order valence-electron chi connectivity index (χ1n) is 7.41. The third kappa shape index (κ3) is 5.29. The van der Waals surface area contributed by atoms with Gasteiger partial charge in [0.2, 0.25) is 0 Å². The molecule has 1 N–H and O–H groups in total. The summed E-state index contributed by atoms with van der Waals surface area (Å²) in [7, 11) is 1.59. The Balaban J connectivity index is 1.78. The van der Waals surface area contributed by atoms with Crippen LogP contribution in [-0.4, -0.2) is 25.7 Å². The van der Waals surface area contributed by atoms with E-state index in [1.54, 1.807) is 44.4 Å². The maximum atomic E-state index is 13.1. The van der Waals surface area contributed by atoms with Crippen molar-refractivity contribution in [1.29, 1.82) is 0 Å². The summed E-state index contributed by atoms with van der Waals surface area (Å²) < 4.78 is 23.7. The maximum Gasteiger partial charge on any atom is 0.260 e. The lowest BCUT2D eigenvalue weighted by Gasteiger charge is -2.15. The Morgan fingerprint density at radius 3 is 2.52 bits per heavy atom. The molecule has 2 aromatic rings. The Morgan fingerprint density at radius 2 is 1.87 bits per heavy atom. The number of ether oxygens (including phenoxy) is 2. The van der Waals surface area contributed by atoms with Gasteiger partial charge in [0.05, 0.1) is 7.11 Å². The van der Waals surface area contributed by atoms with Gasteiger partial charge in [-0.25, -0.2) is 4.39 Å². The second-order valence-electron chi connectivity index (χ2n) is 5.11. The molecule has 2 rings (SSSR count). The first-order chi connectivity index (χ1) is 11.1. The number of nitrogens with one attached hydrogen (secondary N) is 1. The van der Waals surface area contributed by atoms with Gasteiger partial charge < -0.3 is 14.8 Å². The van der Waals surface area contributed by atoms with E-state index in [0.29, 0.717) is 18.7 Å². The minimum Gasteiger partial charge on any atom is -0.497 e. The van der Waals surface area contributed by atoms with Crippen molar-refractivity contribution in [2.75, 3.05) is 13.7 Å².